The number of hydrogen-bond acceptors (Lipinski definition) is 7. The molecule has 1 aliphatic heterocycles. The molecule has 0 bridgehead atoms. The molecule has 0 amide bonds. The SMILES string of the molecule is O=C(O)COc1cc(-c2ccccc2)nc(-c2ccc3cc(OCCN4CCOCC4)ccc3c2)n1. The average Bonchev–Trinajstić information content (AvgIpc) is 2.92. The lowest BCUT2D eigenvalue weighted by molar-refractivity contribution is -0.139. The lowest BCUT2D eigenvalue weighted by Gasteiger charge is -2.26. The molecule has 0 atom stereocenters. The summed E-state index contributed by atoms with van der Waals surface area (Å²) in [5, 5.41) is 11.1. The molecule has 0 radical (unpaired) electrons. The zero-order valence-corrected chi connectivity index (χ0v) is 19.8. The zero-order chi connectivity index (χ0) is 24.7. The topological polar surface area (TPSA) is 94.0 Å². The second-order valence-corrected chi connectivity index (χ2v) is 8.49. The van der Waals surface area contributed by atoms with E-state index in [1.165, 1.54) is 0 Å². The normalized spacial score (nSPS) is 14.0. The van der Waals surface area contributed by atoms with Crippen molar-refractivity contribution in [3.63, 3.8) is 0 Å². The van der Waals surface area contributed by atoms with Crippen molar-refractivity contribution >= 4 is 16.7 Å². The van der Waals surface area contributed by atoms with Crippen LogP contribution in [-0.2, 0) is 9.53 Å². The molecule has 36 heavy (non-hydrogen) atoms. The third-order valence-corrected chi connectivity index (χ3v) is 5.97. The maximum atomic E-state index is 11.0. The van der Waals surface area contributed by atoms with Crippen molar-refractivity contribution in [3.8, 4) is 34.3 Å². The minimum absolute atomic E-state index is 0.213. The lowest BCUT2D eigenvalue weighted by Crippen LogP contribution is -2.38. The lowest BCUT2D eigenvalue weighted by atomic mass is 10.1. The molecular formula is C28H27N3O5. The summed E-state index contributed by atoms with van der Waals surface area (Å²) >= 11 is 0. The van der Waals surface area contributed by atoms with Crippen LogP contribution in [0.2, 0.25) is 0 Å². The molecule has 1 fully saturated rings. The minimum Gasteiger partial charge on any atom is -0.492 e. The van der Waals surface area contributed by atoms with Crippen molar-refractivity contribution in [1.29, 1.82) is 0 Å². The molecule has 1 N–H and O–H groups in total. The van der Waals surface area contributed by atoms with Crippen LogP contribution in [0.3, 0.4) is 0 Å². The molecule has 0 aliphatic carbocycles. The van der Waals surface area contributed by atoms with E-state index in [1.807, 2.05) is 66.7 Å². The second kappa shape index (κ2) is 11.2. The maximum Gasteiger partial charge on any atom is 0.341 e. The number of rotatable bonds is 9. The van der Waals surface area contributed by atoms with Crippen LogP contribution >= 0.6 is 0 Å². The van der Waals surface area contributed by atoms with E-state index in [-0.39, 0.29) is 5.88 Å². The number of aliphatic carboxylic acids is 1. The Morgan fingerprint density at radius 2 is 1.67 bits per heavy atom. The summed E-state index contributed by atoms with van der Waals surface area (Å²) in [6, 6.07) is 23.3. The predicted molar refractivity (Wildman–Crippen MR) is 136 cm³/mol. The predicted octanol–water partition coefficient (Wildman–Crippen LogP) is 4.14. The van der Waals surface area contributed by atoms with Gasteiger partial charge in [0.25, 0.3) is 0 Å². The van der Waals surface area contributed by atoms with Crippen molar-refractivity contribution in [1.82, 2.24) is 14.9 Å². The summed E-state index contributed by atoms with van der Waals surface area (Å²) in [6.07, 6.45) is 0. The Hall–Kier alpha value is -4.01. The Kier molecular flexibility index (Phi) is 7.35. The smallest absolute Gasteiger partial charge is 0.341 e. The Labute approximate surface area is 209 Å². The first-order valence-corrected chi connectivity index (χ1v) is 11.9. The maximum absolute atomic E-state index is 11.0. The van der Waals surface area contributed by atoms with E-state index < -0.39 is 12.6 Å². The average molecular weight is 486 g/mol. The van der Waals surface area contributed by atoms with Crippen LogP contribution in [-0.4, -0.2) is 72.0 Å². The molecule has 0 spiro atoms. The van der Waals surface area contributed by atoms with Crippen LogP contribution in [0, 0.1) is 0 Å². The quantitative estimate of drug-likeness (QED) is 0.378. The minimum atomic E-state index is -1.06. The summed E-state index contributed by atoms with van der Waals surface area (Å²) in [5.74, 6) is 0.440. The highest BCUT2D eigenvalue weighted by atomic mass is 16.5. The molecule has 1 aromatic heterocycles. The number of ether oxygens (including phenoxy) is 3. The standard InChI is InChI=1S/C28H27N3O5/c32-27(33)19-36-26-18-25(20-4-2-1-3-5-20)29-28(30-26)23-7-6-22-17-24(9-8-21(22)16-23)35-15-12-31-10-13-34-14-11-31/h1-9,16-18H,10-15,19H2,(H,32,33). The molecule has 5 rings (SSSR count). The van der Waals surface area contributed by atoms with Gasteiger partial charge in [-0.1, -0.05) is 48.5 Å². The first-order valence-electron chi connectivity index (χ1n) is 11.9. The first kappa shape index (κ1) is 23.7. The molecule has 3 aromatic carbocycles. The van der Waals surface area contributed by atoms with Crippen LogP contribution in [0.1, 0.15) is 0 Å². The zero-order valence-electron chi connectivity index (χ0n) is 19.8. The molecular weight excluding hydrogens is 458 g/mol. The highest BCUT2D eigenvalue weighted by Crippen LogP contribution is 2.29. The highest BCUT2D eigenvalue weighted by Gasteiger charge is 2.13. The highest BCUT2D eigenvalue weighted by molar-refractivity contribution is 5.87. The third-order valence-electron chi connectivity index (χ3n) is 5.97. The number of nitrogens with zero attached hydrogens (tertiary/aromatic N) is 3. The summed E-state index contributed by atoms with van der Waals surface area (Å²) < 4.78 is 16.8. The molecule has 0 unspecified atom stereocenters. The van der Waals surface area contributed by atoms with E-state index in [4.69, 9.17) is 24.3 Å². The molecule has 2 heterocycles. The van der Waals surface area contributed by atoms with E-state index in [0.717, 1.165) is 60.5 Å². The van der Waals surface area contributed by atoms with Crippen LogP contribution < -0.4 is 9.47 Å². The van der Waals surface area contributed by atoms with Crippen molar-refractivity contribution in [3.05, 3.63) is 72.8 Å². The Bertz CT molecular complexity index is 1340. The number of hydrogen-bond donors (Lipinski definition) is 1. The number of fused-ring (bicyclic) bond motifs is 1. The molecule has 1 saturated heterocycles. The monoisotopic (exact) mass is 485 g/mol. The largest absolute Gasteiger partial charge is 0.492 e. The van der Waals surface area contributed by atoms with Gasteiger partial charge in [-0.2, -0.15) is 4.98 Å². The number of aromatic nitrogens is 2. The fraction of sp³-hybridized carbons (Fsp3) is 0.250. The summed E-state index contributed by atoms with van der Waals surface area (Å²) in [6.45, 7) is 4.48. The molecule has 0 saturated carbocycles. The fourth-order valence-corrected chi connectivity index (χ4v) is 4.09. The number of carbonyl (C=O) groups is 1. The van der Waals surface area contributed by atoms with Gasteiger partial charge in [-0.15, -0.1) is 0 Å². The molecule has 1 aliphatic rings. The Morgan fingerprint density at radius 1 is 0.889 bits per heavy atom. The van der Waals surface area contributed by atoms with Crippen molar-refractivity contribution in [2.45, 2.75) is 0 Å². The van der Waals surface area contributed by atoms with Crippen LogP contribution in [0.25, 0.3) is 33.4 Å². The van der Waals surface area contributed by atoms with E-state index in [2.05, 4.69) is 9.88 Å². The summed E-state index contributed by atoms with van der Waals surface area (Å²) in [7, 11) is 0. The first-order chi connectivity index (χ1) is 17.6. The Morgan fingerprint density at radius 3 is 2.47 bits per heavy atom. The molecule has 8 nitrogen and oxygen atoms in total. The van der Waals surface area contributed by atoms with Crippen molar-refractivity contribution in [2.75, 3.05) is 46.1 Å². The van der Waals surface area contributed by atoms with Gasteiger partial charge in [-0.25, -0.2) is 9.78 Å². The number of carboxylic acid groups (broad SMARTS) is 1. The molecule has 8 heteroatoms. The van der Waals surface area contributed by atoms with Gasteiger partial charge in [0.1, 0.15) is 12.4 Å². The van der Waals surface area contributed by atoms with Crippen LogP contribution in [0.4, 0.5) is 0 Å². The van der Waals surface area contributed by atoms with E-state index >= 15 is 0 Å². The molecule has 4 aromatic rings. The summed E-state index contributed by atoms with van der Waals surface area (Å²) in [4.78, 5) is 22.6. The fourth-order valence-electron chi connectivity index (χ4n) is 4.09. The third kappa shape index (κ3) is 5.97. The van der Waals surface area contributed by atoms with Gasteiger partial charge in [-0.3, -0.25) is 4.90 Å². The number of benzene rings is 3. The number of carboxylic acids is 1. The van der Waals surface area contributed by atoms with Gasteiger partial charge >= 0.3 is 5.97 Å². The molecule has 184 valence electrons. The van der Waals surface area contributed by atoms with Crippen LogP contribution in [0.5, 0.6) is 11.6 Å². The van der Waals surface area contributed by atoms with E-state index in [9.17, 15) is 4.79 Å². The van der Waals surface area contributed by atoms with E-state index in [1.54, 1.807) is 6.07 Å². The summed E-state index contributed by atoms with van der Waals surface area (Å²) in [5.41, 5.74) is 2.35. The van der Waals surface area contributed by atoms with Gasteiger partial charge in [0.2, 0.25) is 5.88 Å². The second-order valence-electron chi connectivity index (χ2n) is 8.49. The van der Waals surface area contributed by atoms with Gasteiger partial charge in [0, 0.05) is 36.8 Å². The van der Waals surface area contributed by atoms with E-state index in [0.29, 0.717) is 18.1 Å². The van der Waals surface area contributed by atoms with Gasteiger partial charge in [0.15, 0.2) is 12.4 Å². The van der Waals surface area contributed by atoms with Crippen molar-refractivity contribution < 1.29 is 24.1 Å². The van der Waals surface area contributed by atoms with Crippen LogP contribution in [0.15, 0.2) is 72.8 Å². The van der Waals surface area contributed by atoms with Crippen molar-refractivity contribution in [2.24, 2.45) is 0 Å². The van der Waals surface area contributed by atoms with Gasteiger partial charge in [-0.05, 0) is 29.0 Å². The Balaban J connectivity index is 1.37. The number of morpholine rings is 1. The van der Waals surface area contributed by atoms with Gasteiger partial charge in [0.05, 0.1) is 18.9 Å². The van der Waals surface area contributed by atoms with Gasteiger partial charge < -0.3 is 19.3 Å².